The lowest BCUT2D eigenvalue weighted by Crippen LogP contribution is -2.38. The van der Waals surface area contributed by atoms with Crippen LogP contribution >= 0.6 is 11.6 Å². The maximum atomic E-state index is 6.56. The molecule has 1 fully saturated rings. The SMILES string of the molecule is CCCn1c(C(C)(N)C2CC2)nc2cccc(Cl)c21. The normalized spacial score (nSPS) is 18.7. The molecule has 1 aliphatic rings. The van der Waals surface area contributed by atoms with E-state index in [2.05, 4.69) is 18.4 Å². The van der Waals surface area contributed by atoms with Crippen molar-refractivity contribution >= 4 is 22.6 Å². The molecule has 19 heavy (non-hydrogen) atoms. The Bertz CT molecular complexity index is 611. The van der Waals surface area contributed by atoms with Gasteiger partial charge < -0.3 is 10.3 Å². The number of benzene rings is 1. The summed E-state index contributed by atoms with van der Waals surface area (Å²) >= 11 is 6.35. The molecule has 1 aromatic carbocycles. The summed E-state index contributed by atoms with van der Waals surface area (Å²) in [6.45, 7) is 5.18. The molecule has 1 heterocycles. The molecule has 1 atom stereocenters. The zero-order valence-electron chi connectivity index (χ0n) is 11.5. The predicted octanol–water partition coefficient (Wildman–Crippen LogP) is 3.68. The lowest BCUT2D eigenvalue weighted by molar-refractivity contribution is 0.382. The lowest BCUT2D eigenvalue weighted by atomic mass is 9.96. The first-order chi connectivity index (χ1) is 9.05. The van der Waals surface area contributed by atoms with Gasteiger partial charge in [-0.2, -0.15) is 0 Å². The summed E-state index contributed by atoms with van der Waals surface area (Å²) in [6.07, 6.45) is 3.45. The second-order valence-corrected chi connectivity index (χ2v) is 6.16. The number of nitrogens with two attached hydrogens (primary N) is 1. The van der Waals surface area contributed by atoms with E-state index < -0.39 is 0 Å². The third-order valence-corrected chi connectivity index (χ3v) is 4.38. The molecular weight excluding hydrogens is 258 g/mol. The Labute approximate surface area is 118 Å². The number of imidazole rings is 1. The zero-order chi connectivity index (χ0) is 13.6. The molecule has 3 rings (SSSR count). The minimum atomic E-state index is -0.350. The van der Waals surface area contributed by atoms with Gasteiger partial charge >= 0.3 is 0 Å². The van der Waals surface area contributed by atoms with Crippen LogP contribution < -0.4 is 5.73 Å². The molecule has 0 spiro atoms. The molecule has 102 valence electrons. The van der Waals surface area contributed by atoms with Crippen molar-refractivity contribution in [3.05, 3.63) is 29.0 Å². The van der Waals surface area contributed by atoms with Crippen LogP contribution in [0.25, 0.3) is 11.0 Å². The van der Waals surface area contributed by atoms with Gasteiger partial charge in [0.25, 0.3) is 0 Å². The number of hydrogen-bond donors (Lipinski definition) is 1. The third kappa shape index (κ3) is 2.05. The molecule has 4 heteroatoms. The second kappa shape index (κ2) is 4.50. The minimum Gasteiger partial charge on any atom is -0.325 e. The van der Waals surface area contributed by atoms with Gasteiger partial charge in [-0.25, -0.2) is 4.98 Å². The van der Waals surface area contributed by atoms with Crippen molar-refractivity contribution in [3.8, 4) is 0 Å². The smallest absolute Gasteiger partial charge is 0.130 e. The standard InChI is InChI=1S/C15H20ClN3/c1-3-9-19-13-11(16)5-4-6-12(13)18-14(19)15(2,17)10-7-8-10/h4-6,10H,3,7-9,17H2,1-2H3. The Hall–Kier alpha value is -1.06. The van der Waals surface area contributed by atoms with Gasteiger partial charge in [-0.05, 0) is 44.2 Å². The van der Waals surface area contributed by atoms with Crippen LogP contribution in [0.3, 0.4) is 0 Å². The number of aryl methyl sites for hydroxylation is 1. The highest BCUT2D eigenvalue weighted by Gasteiger charge is 2.43. The maximum absolute atomic E-state index is 6.56. The van der Waals surface area contributed by atoms with Crippen molar-refractivity contribution in [1.29, 1.82) is 0 Å². The number of hydrogen-bond acceptors (Lipinski definition) is 2. The molecule has 1 saturated carbocycles. The molecule has 0 saturated heterocycles. The molecule has 0 amide bonds. The Morgan fingerprint density at radius 1 is 1.47 bits per heavy atom. The number of para-hydroxylation sites is 1. The summed E-state index contributed by atoms with van der Waals surface area (Å²) in [6, 6.07) is 5.88. The molecule has 2 aromatic rings. The highest BCUT2D eigenvalue weighted by Crippen LogP contribution is 2.44. The Morgan fingerprint density at radius 3 is 2.84 bits per heavy atom. The fraction of sp³-hybridized carbons (Fsp3) is 0.533. The fourth-order valence-electron chi connectivity index (χ4n) is 2.86. The Kier molecular flexibility index (Phi) is 3.06. The molecule has 1 aliphatic carbocycles. The van der Waals surface area contributed by atoms with E-state index in [0.717, 1.165) is 34.8 Å². The number of rotatable bonds is 4. The molecule has 0 radical (unpaired) electrons. The van der Waals surface area contributed by atoms with E-state index in [1.165, 1.54) is 12.8 Å². The van der Waals surface area contributed by atoms with Gasteiger partial charge in [0.05, 0.1) is 21.6 Å². The van der Waals surface area contributed by atoms with Crippen LogP contribution in [0.1, 0.15) is 38.9 Å². The first-order valence-corrected chi connectivity index (χ1v) is 7.37. The average molecular weight is 278 g/mol. The lowest BCUT2D eigenvalue weighted by Gasteiger charge is -2.25. The number of aromatic nitrogens is 2. The molecule has 0 bridgehead atoms. The molecule has 0 aliphatic heterocycles. The molecule has 1 aromatic heterocycles. The van der Waals surface area contributed by atoms with Gasteiger partial charge in [0.2, 0.25) is 0 Å². The van der Waals surface area contributed by atoms with E-state index >= 15 is 0 Å². The average Bonchev–Trinajstić information content (AvgIpc) is 3.14. The summed E-state index contributed by atoms with van der Waals surface area (Å²) in [5.41, 5.74) is 8.19. The highest BCUT2D eigenvalue weighted by atomic mass is 35.5. The van der Waals surface area contributed by atoms with Gasteiger partial charge in [-0.15, -0.1) is 0 Å². The fourth-order valence-corrected chi connectivity index (χ4v) is 3.13. The largest absolute Gasteiger partial charge is 0.325 e. The van der Waals surface area contributed by atoms with Crippen molar-refractivity contribution in [2.75, 3.05) is 0 Å². The van der Waals surface area contributed by atoms with Gasteiger partial charge in [0.15, 0.2) is 0 Å². The molecule has 1 unspecified atom stereocenters. The van der Waals surface area contributed by atoms with Crippen LogP contribution in [0.2, 0.25) is 5.02 Å². The van der Waals surface area contributed by atoms with E-state index in [1.807, 2.05) is 18.2 Å². The minimum absolute atomic E-state index is 0.350. The molecular formula is C15H20ClN3. The van der Waals surface area contributed by atoms with Gasteiger partial charge in [-0.1, -0.05) is 24.6 Å². The zero-order valence-corrected chi connectivity index (χ0v) is 12.2. The van der Waals surface area contributed by atoms with E-state index in [1.54, 1.807) is 0 Å². The van der Waals surface area contributed by atoms with E-state index in [9.17, 15) is 0 Å². The van der Waals surface area contributed by atoms with Crippen molar-refractivity contribution in [1.82, 2.24) is 9.55 Å². The van der Waals surface area contributed by atoms with E-state index in [0.29, 0.717) is 5.92 Å². The van der Waals surface area contributed by atoms with Crippen molar-refractivity contribution in [3.63, 3.8) is 0 Å². The highest BCUT2D eigenvalue weighted by molar-refractivity contribution is 6.35. The van der Waals surface area contributed by atoms with E-state index in [4.69, 9.17) is 22.3 Å². The third-order valence-electron chi connectivity index (χ3n) is 4.07. The van der Waals surface area contributed by atoms with Crippen LogP contribution in [-0.2, 0) is 12.1 Å². The van der Waals surface area contributed by atoms with Crippen LogP contribution in [0.4, 0.5) is 0 Å². The van der Waals surface area contributed by atoms with Crippen LogP contribution in [0.15, 0.2) is 18.2 Å². The van der Waals surface area contributed by atoms with E-state index in [-0.39, 0.29) is 5.54 Å². The monoisotopic (exact) mass is 277 g/mol. The topological polar surface area (TPSA) is 43.8 Å². The first kappa shape index (κ1) is 12.9. The van der Waals surface area contributed by atoms with Crippen molar-refractivity contribution in [2.24, 2.45) is 11.7 Å². The summed E-state index contributed by atoms with van der Waals surface area (Å²) in [7, 11) is 0. The first-order valence-electron chi connectivity index (χ1n) is 6.99. The number of nitrogens with zero attached hydrogens (tertiary/aromatic N) is 2. The second-order valence-electron chi connectivity index (χ2n) is 5.75. The number of halogens is 1. The van der Waals surface area contributed by atoms with Crippen LogP contribution in [-0.4, -0.2) is 9.55 Å². The van der Waals surface area contributed by atoms with Crippen molar-refractivity contribution in [2.45, 2.75) is 45.2 Å². The number of fused-ring (bicyclic) bond motifs is 1. The Balaban J connectivity index is 2.23. The summed E-state index contributed by atoms with van der Waals surface area (Å²) in [5, 5.41) is 0.760. The maximum Gasteiger partial charge on any atom is 0.130 e. The van der Waals surface area contributed by atoms with Crippen LogP contribution in [0.5, 0.6) is 0 Å². The van der Waals surface area contributed by atoms with Gasteiger partial charge in [-0.3, -0.25) is 0 Å². The predicted molar refractivity (Wildman–Crippen MR) is 79.3 cm³/mol. The van der Waals surface area contributed by atoms with Crippen LogP contribution in [0, 0.1) is 5.92 Å². The van der Waals surface area contributed by atoms with Gasteiger partial charge in [0.1, 0.15) is 5.82 Å². The summed E-state index contributed by atoms with van der Waals surface area (Å²) < 4.78 is 2.22. The molecule has 3 nitrogen and oxygen atoms in total. The Morgan fingerprint density at radius 2 is 2.21 bits per heavy atom. The molecule has 2 N–H and O–H groups in total. The van der Waals surface area contributed by atoms with Crippen molar-refractivity contribution < 1.29 is 0 Å². The quantitative estimate of drug-likeness (QED) is 0.926. The van der Waals surface area contributed by atoms with Gasteiger partial charge in [0, 0.05) is 6.54 Å². The summed E-state index contributed by atoms with van der Waals surface area (Å²) in [5.74, 6) is 1.54. The summed E-state index contributed by atoms with van der Waals surface area (Å²) in [4.78, 5) is 4.78.